The van der Waals surface area contributed by atoms with Gasteiger partial charge in [-0.05, 0) is 25.7 Å². The summed E-state index contributed by atoms with van der Waals surface area (Å²) in [5.41, 5.74) is 0. The molecular formula is C18H32O3. The zero-order valence-corrected chi connectivity index (χ0v) is 13.6. The molecule has 3 heteroatoms. The highest BCUT2D eigenvalue weighted by Gasteiger charge is 2.36. The van der Waals surface area contributed by atoms with E-state index in [0.29, 0.717) is 12.2 Å². The Hall–Kier alpha value is -0.830. The Bertz CT molecular complexity index is 299. The molecule has 1 saturated heterocycles. The molecule has 0 unspecified atom stereocenters. The molecule has 2 atom stereocenters. The molecule has 0 aromatic carbocycles. The topological polar surface area (TPSA) is 49.8 Å². The van der Waals surface area contributed by atoms with Gasteiger partial charge in [0.25, 0.3) is 0 Å². The first-order chi connectivity index (χ1) is 10.2. The Balaban J connectivity index is 1.81. The molecule has 0 radical (unpaired) electrons. The van der Waals surface area contributed by atoms with Gasteiger partial charge in [-0.15, -0.1) is 0 Å². The summed E-state index contributed by atoms with van der Waals surface area (Å²) < 4.78 is 5.71. The van der Waals surface area contributed by atoms with Crippen LogP contribution >= 0.6 is 0 Å². The molecule has 0 bridgehead atoms. The number of allylic oxidation sites excluding steroid dienone is 1. The average Bonchev–Trinajstić information content (AvgIpc) is 3.20. The van der Waals surface area contributed by atoms with Gasteiger partial charge in [-0.1, -0.05) is 64.4 Å². The zero-order chi connectivity index (χ0) is 15.3. The van der Waals surface area contributed by atoms with Crippen LogP contribution in [0.2, 0.25) is 0 Å². The van der Waals surface area contributed by atoms with Gasteiger partial charge in [-0.3, -0.25) is 0 Å². The molecule has 1 fully saturated rings. The molecule has 0 aliphatic carbocycles. The van der Waals surface area contributed by atoms with E-state index in [1.807, 2.05) is 0 Å². The largest absolute Gasteiger partial charge is 0.478 e. The molecule has 122 valence electrons. The number of hydrogen-bond acceptors (Lipinski definition) is 2. The second-order valence-corrected chi connectivity index (χ2v) is 6.15. The second-order valence-electron chi connectivity index (χ2n) is 6.15. The van der Waals surface area contributed by atoms with Crippen LogP contribution in [0.5, 0.6) is 0 Å². The van der Waals surface area contributed by atoms with E-state index in [-0.39, 0.29) is 0 Å². The summed E-state index contributed by atoms with van der Waals surface area (Å²) in [6.45, 7) is 2.26. The van der Waals surface area contributed by atoms with Gasteiger partial charge in [0.2, 0.25) is 0 Å². The van der Waals surface area contributed by atoms with Crippen LogP contribution in [0, 0.1) is 0 Å². The molecule has 1 rings (SSSR count). The molecule has 1 heterocycles. The molecule has 0 spiro atoms. The summed E-state index contributed by atoms with van der Waals surface area (Å²) in [5, 5.41) is 8.45. The molecule has 0 aromatic heterocycles. The highest BCUT2D eigenvalue weighted by molar-refractivity contribution is 5.79. The highest BCUT2D eigenvalue weighted by atomic mass is 16.6. The SMILES string of the molecule is CCCCCCCC[C@@H]1O[C@@H]1CCCCCC=CC(=O)O. The first kappa shape index (κ1) is 18.2. The Labute approximate surface area is 129 Å². The Morgan fingerprint density at radius 1 is 0.952 bits per heavy atom. The number of unbranched alkanes of at least 4 members (excludes halogenated alkanes) is 8. The van der Waals surface area contributed by atoms with Gasteiger partial charge in [0.1, 0.15) is 0 Å². The lowest BCUT2D eigenvalue weighted by atomic mass is 10.0. The van der Waals surface area contributed by atoms with E-state index in [2.05, 4.69) is 6.92 Å². The van der Waals surface area contributed by atoms with E-state index in [4.69, 9.17) is 9.84 Å². The fraction of sp³-hybridized carbons (Fsp3) is 0.833. The van der Waals surface area contributed by atoms with Crippen LogP contribution < -0.4 is 0 Å². The summed E-state index contributed by atoms with van der Waals surface area (Å²) in [5.74, 6) is -0.848. The number of carbonyl (C=O) groups is 1. The number of rotatable bonds is 14. The molecule has 1 N–H and O–H groups in total. The van der Waals surface area contributed by atoms with E-state index < -0.39 is 5.97 Å². The molecule has 0 amide bonds. The lowest BCUT2D eigenvalue weighted by Gasteiger charge is -1.99. The monoisotopic (exact) mass is 296 g/mol. The summed E-state index contributed by atoms with van der Waals surface area (Å²) in [6, 6.07) is 0. The fourth-order valence-corrected chi connectivity index (χ4v) is 2.78. The maximum atomic E-state index is 10.3. The van der Waals surface area contributed by atoms with Gasteiger partial charge in [0.05, 0.1) is 12.2 Å². The lowest BCUT2D eigenvalue weighted by Crippen LogP contribution is -1.94. The summed E-state index contributed by atoms with van der Waals surface area (Å²) >= 11 is 0. The van der Waals surface area contributed by atoms with Crippen molar-refractivity contribution in [2.24, 2.45) is 0 Å². The Kier molecular flexibility index (Phi) is 10.2. The van der Waals surface area contributed by atoms with Crippen molar-refractivity contribution in [1.29, 1.82) is 0 Å². The van der Waals surface area contributed by atoms with Gasteiger partial charge in [0.15, 0.2) is 0 Å². The summed E-state index contributed by atoms with van der Waals surface area (Å²) in [7, 11) is 0. The smallest absolute Gasteiger partial charge is 0.327 e. The van der Waals surface area contributed by atoms with Crippen LogP contribution in [-0.4, -0.2) is 23.3 Å². The molecule has 3 nitrogen and oxygen atoms in total. The number of carboxylic acids is 1. The van der Waals surface area contributed by atoms with Gasteiger partial charge in [-0.2, -0.15) is 0 Å². The summed E-state index contributed by atoms with van der Waals surface area (Å²) in [6.07, 6.45) is 19.0. The molecular weight excluding hydrogens is 264 g/mol. The molecule has 21 heavy (non-hydrogen) atoms. The third-order valence-electron chi connectivity index (χ3n) is 4.15. The van der Waals surface area contributed by atoms with Crippen LogP contribution in [-0.2, 0) is 9.53 Å². The van der Waals surface area contributed by atoms with Crippen LogP contribution in [0.15, 0.2) is 12.2 Å². The van der Waals surface area contributed by atoms with Gasteiger partial charge >= 0.3 is 5.97 Å². The first-order valence-electron chi connectivity index (χ1n) is 8.79. The number of epoxide rings is 1. The van der Waals surface area contributed by atoms with Crippen LogP contribution in [0.1, 0.15) is 84.0 Å². The van der Waals surface area contributed by atoms with Crippen LogP contribution in [0.3, 0.4) is 0 Å². The van der Waals surface area contributed by atoms with E-state index in [1.165, 1.54) is 70.3 Å². The van der Waals surface area contributed by atoms with Gasteiger partial charge < -0.3 is 9.84 Å². The average molecular weight is 296 g/mol. The Morgan fingerprint density at radius 3 is 2.14 bits per heavy atom. The van der Waals surface area contributed by atoms with E-state index in [0.717, 1.165) is 12.8 Å². The van der Waals surface area contributed by atoms with E-state index in [1.54, 1.807) is 6.08 Å². The standard InChI is InChI=1S/C18H32O3/c1-2-3-4-5-7-10-13-16-17(21-16)14-11-8-6-9-12-15-18(19)20/h12,15-17H,2-11,13-14H2,1H3,(H,19,20)/t16-,17+/m0/s1. The minimum absolute atomic E-state index is 0.523. The number of ether oxygens (including phenoxy) is 1. The minimum Gasteiger partial charge on any atom is -0.478 e. The lowest BCUT2D eigenvalue weighted by molar-refractivity contribution is -0.131. The summed E-state index contributed by atoms with van der Waals surface area (Å²) in [4.78, 5) is 10.3. The van der Waals surface area contributed by atoms with Crippen molar-refractivity contribution in [3.05, 3.63) is 12.2 Å². The first-order valence-corrected chi connectivity index (χ1v) is 8.79. The van der Waals surface area contributed by atoms with Crippen molar-refractivity contribution in [3.63, 3.8) is 0 Å². The van der Waals surface area contributed by atoms with Crippen molar-refractivity contribution < 1.29 is 14.6 Å². The molecule has 1 aliphatic rings. The maximum absolute atomic E-state index is 10.3. The fourth-order valence-electron chi connectivity index (χ4n) is 2.78. The predicted molar refractivity (Wildman–Crippen MR) is 86.5 cm³/mol. The minimum atomic E-state index is -0.848. The quantitative estimate of drug-likeness (QED) is 0.276. The number of carboxylic acid groups (broad SMARTS) is 1. The van der Waals surface area contributed by atoms with Crippen LogP contribution in [0.25, 0.3) is 0 Å². The maximum Gasteiger partial charge on any atom is 0.327 e. The molecule has 1 aliphatic heterocycles. The van der Waals surface area contributed by atoms with Crippen LogP contribution in [0.4, 0.5) is 0 Å². The van der Waals surface area contributed by atoms with Crippen molar-refractivity contribution in [2.75, 3.05) is 0 Å². The molecule has 0 saturated carbocycles. The predicted octanol–water partition coefficient (Wildman–Crippen LogP) is 5.10. The normalized spacial score (nSPS) is 21.0. The van der Waals surface area contributed by atoms with Gasteiger partial charge in [0, 0.05) is 6.08 Å². The number of hydrogen-bond donors (Lipinski definition) is 1. The highest BCUT2D eigenvalue weighted by Crippen LogP contribution is 2.31. The van der Waals surface area contributed by atoms with Crippen molar-refractivity contribution in [3.8, 4) is 0 Å². The van der Waals surface area contributed by atoms with Crippen molar-refractivity contribution in [2.45, 2.75) is 96.2 Å². The van der Waals surface area contributed by atoms with E-state index in [9.17, 15) is 4.79 Å². The Morgan fingerprint density at radius 2 is 1.52 bits per heavy atom. The third kappa shape index (κ3) is 10.5. The van der Waals surface area contributed by atoms with Gasteiger partial charge in [-0.25, -0.2) is 4.79 Å². The molecule has 0 aromatic rings. The van der Waals surface area contributed by atoms with E-state index >= 15 is 0 Å². The number of aliphatic carboxylic acids is 1. The second kappa shape index (κ2) is 11.8. The third-order valence-corrected chi connectivity index (χ3v) is 4.15. The van der Waals surface area contributed by atoms with Crippen molar-refractivity contribution in [1.82, 2.24) is 0 Å². The van der Waals surface area contributed by atoms with Crippen molar-refractivity contribution >= 4 is 5.97 Å². The zero-order valence-electron chi connectivity index (χ0n) is 13.6.